The van der Waals surface area contributed by atoms with Gasteiger partial charge in [0.2, 0.25) is 11.8 Å². The molecule has 1 unspecified atom stereocenters. The number of carbonyl (C=O) groups excluding carboxylic acids is 1. The zero-order chi connectivity index (χ0) is 20.5. The summed E-state index contributed by atoms with van der Waals surface area (Å²) in [5.41, 5.74) is 8.92. The van der Waals surface area contributed by atoms with Gasteiger partial charge in [-0.1, -0.05) is 0 Å². The van der Waals surface area contributed by atoms with Gasteiger partial charge < -0.3 is 20.3 Å². The molecular formula is C17H21N9O2S. The number of fused-ring (bicyclic) bond motifs is 1. The third-order valence-corrected chi connectivity index (χ3v) is 5.46. The van der Waals surface area contributed by atoms with Crippen molar-refractivity contribution in [2.75, 3.05) is 42.7 Å². The molecule has 4 rings (SSSR count). The van der Waals surface area contributed by atoms with Gasteiger partial charge >= 0.3 is 6.03 Å². The Morgan fingerprint density at radius 2 is 2.14 bits per heavy atom. The second kappa shape index (κ2) is 7.62. The lowest BCUT2D eigenvalue weighted by Crippen LogP contribution is -2.55. The van der Waals surface area contributed by atoms with E-state index in [1.54, 1.807) is 17.3 Å². The van der Waals surface area contributed by atoms with E-state index < -0.39 is 0 Å². The minimum Gasteiger partial charge on any atom is -0.480 e. The number of nitrogens with zero attached hydrogens (tertiary/aromatic N) is 7. The first-order chi connectivity index (χ1) is 14.0. The molecule has 152 valence electrons. The summed E-state index contributed by atoms with van der Waals surface area (Å²) in [5.74, 6) is 1.75. The van der Waals surface area contributed by atoms with Crippen molar-refractivity contribution in [2.45, 2.75) is 19.9 Å². The van der Waals surface area contributed by atoms with E-state index in [1.807, 2.05) is 6.92 Å². The van der Waals surface area contributed by atoms with Crippen LogP contribution in [-0.4, -0.2) is 68.6 Å². The zero-order valence-electron chi connectivity index (χ0n) is 16.3. The van der Waals surface area contributed by atoms with Crippen LogP contribution in [0.1, 0.15) is 12.6 Å². The molecule has 0 spiro atoms. The van der Waals surface area contributed by atoms with Gasteiger partial charge in [0.1, 0.15) is 5.52 Å². The van der Waals surface area contributed by atoms with E-state index in [2.05, 4.69) is 35.1 Å². The molecule has 3 N–H and O–H groups in total. The first-order valence-electron chi connectivity index (χ1n) is 9.03. The molecule has 0 aliphatic carbocycles. The number of rotatable bonds is 3. The number of nitrogens with one attached hydrogen (secondary N) is 1. The van der Waals surface area contributed by atoms with Gasteiger partial charge in [-0.2, -0.15) is 4.98 Å². The molecule has 1 atom stereocenters. The summed E-state index contributed by atoms with van der Waals surface area (Å²) in [4.78, 5) is 38.8. The summed E-state index contributed by atoms with van der Waals surface area (Å²) in [6.45, 7) is 5.45. The molecule has 0 aromatic carbocycles. The van der Waals surface area contributed by atoms with Crippen molar-refractivity contribution in [3.63, 3.8) is 0 Å². The van der Waals surface area contributed by atoms with Gasteiger partial charge in [0.05, 0.1) is 24.5 Å². The Morgan fingerprint density at radius 1 is 1.31 bits per heavy atom. The topological polar surface area (TPSA) is 135 Å². The summed E-state index contributed by atoms with van der Waals surface area (Å²) in [5, 5.41) is 2.82. The molecule has 3 aromatic heterocycles. The van der Waals surface area contributed by atoms with E-state index in [-0.39, 0.29) is 18.0 Å². The lowest BCUT2D eigenvalue weighted by atomic mass is 10.2. The number of ether oxygens (including phenoxy) is 1. The number of amides is 2. The second-order valence-electron chi connectivity index (χ2n) is 6.68. The molecular weight excluding hydrogens is 394 g/mol. The number of carbonyl (C=O) groups is 1. The summed E-state index contributed by atoms with van der Waals surface area (Å²) in [6, 6.07) is -0.197. The SMILES string of the molecule is COc1cnc(NC(=O)N2CCN(c3nc(N)nc4scnc34)C(C)C2)c(C)n1. The number of nitrogens with two attached hydrogens (primary N) is 1. The Kier molecular flexibility index (Phi) is 5.01. The molecule has 29 heavy (non-hydrogen) atoms. The Balaban J connectivity index is 1.47. The van der Waals surface area contributed by atoms with Crippen LogP contribution in [0.25, 0.3) is 10.3 Å². The van der Waals surface area contributed by atoms with E-state index in [0.717, 1.165) is 10.3 Å². The van der Waals surface area contributed by atoms with Gasteiger partial charge in [0.15, 0.2) is 16.5 Å². The van der Waals surface area contributed by atoms with Crippen LogP contribution in [0.3, 0.4) is 0 Å². The summed E-state index contributed by atoms with van der Waals surface area (Å²) >= 11 is 1.43. The van der Waals surface area contributed by atoms with Crippen LogP contribution in [0.2, 0.25) is 0 Å². The fraction of sp³-hybridized carbons (Fsp3) is 0.412. The van der Waals surface area contributed by atoms with Crippen molar-refractivity contribution >= 4 is 45.3 Å². The molecule has 3 aromatic rings. The van der Waals surface area contributed by atoms with Crippen LogP contribution in [0.15, 0.2) is 11.7 Å². The van der Waals surface area contributed by atoms with E-state index in [9.17, 15) is 4.79 Å². The van der Waals surface area contributed by atoms with Gasteiger partial charge in [-0.3, -0.25) is 5.32 Å². The van der Waals surface area contributed by atoms with Crippen molar-refractivity contribution in [1.82, 2.24) is 29.8 Å². The summed E-state index contributed by atoms with van der Waals surface area (Å²) < 4.78 is 5.05. The highest BCUT2D eigenvalue weighted by atomic mass is 32.1. The number of hydrogen-bond acceptors (Lipinski definition) is 10. The van der Waals surface area contributed by atoms with Crippen molar-refractivity contribution < 1.29 is 9.53 Å². The average molecular weight is 415 g/mol. The molecule has 0 saturated carbocycles. The first-order valence-corrected chi connectivity index (χ1v) is 9.91. The minimum atomic E-state index is -0.222. The van der Waals surface area contributed by atoms with Crippen molar-refractivity contribution in [2.24, 2.45) is 0 Å². The maximum atomic E-state index is 12.7. The fourth-order valence-corrected chi connectivity index (χ4v) is 3.94. The highest BCUT2D eigenvalue weighted by Gasteiger charge is 2.30. The minimum absolute atomic E-state index is 0.0248. The molecule has 12 heteroatoms. The number of nitrogen functional groups attached to an aromatic ring is 1. The molecule has 1 aliphatic heterocycles. The van der Waals surface area contributed by atoms with E-state index in [4.69, 9.17) is 10.5 Å². The first kappa shape index (κ1) is 19.1. The van der Waals surface area contributed by atoms with Gasteiger partial charge in [0.25, 0.3) is 0 Å². The van der Waals surface area contributed by atoms with Gasteiger partial charge in [-0.25, -0.2) is 24.7 Å². The lowest BCUT2D eigenvalue weighted by molar-refractivity contribution is 0.200. The second-order valence-corrected chi connectivity index (χ2v) is 7.51. The smallest absolute Gasteiger partial charge is 0.323 e. The molecule has 1 aliphatic rings. The highest BCUT2D eigenvalue weighted by Crippen LogP contribution is 2.28. The zero-order valence-corrected chi connectivity index (χ0v) is 17.1. The monoisotopic (exact) mass is 415 g/mol. The molecule has 2 amide bonds. The molecule has 0 bridgehead atoms. The predicted octanol–water partition coefficient (Wildman–Crippen LogP) is 1.52. The van der Waals surface area contributed by atoms with Gasteiger partial charge in [-0.15, -0.1) is 11.3 Å². The molecule has 1 saturated heterocycles. The van der Waals surface area contributed by atoms with Gasteiger partial charge in [0, 0.05) is 25.7 Å². The number of anilines is 3. The number of hydrogen-bond donors (Lipinski definition) is 2. The summed E-state index contributed by atoms with van der Waals surface area (Å²) in [7, 11) is 1.52. The quantitative estimate of drug-likeness (QED) is 0.652. The standard InChI is InChI=1S/C17H21N9O2S/c1-9-7-25(17(27)22-13-10(2)21-11(28-3)6-19-13)4-5-26(9)14-12-15(29-8-20-12)24-16(18)23-14/h6,8-9H,4-5,7H2,1-3H3,(H2,18,23,24)(H,19,22,27). The van der Waals surface area contributed by atoms with Gasteiger partial charge in [-0.05, 0) is 13.8 Å². The third-order valence-electron chi connectivity index (χ3n) is 4.74. The average Bonchev–Trinajstić information content (AvgIpc) is 3.17. The molecule has 0 radical (unpaired) electrons. The lowest BCUT2D eigenvalue weighted by Gasteiger charge is -2.40. The Bertz CT molecular complexity index is 1060. The number of aromatic nitrogens is 5. The van der Waals surface area contributed by atoms with Crippen LogP contribution in [0.4, 0.5) is 22.4 Å². The number of methoxy groups -OCH3 is 1. The van der Waals surface area contributed by atoms with Crippen LogP contribution in [0.5, 0.6) is 5.88 Å². The Labute approximate surface area is 171 Å². The number of aryl methyl sites for hydroxylation is 1. The van der Waals surface area contributed by atoms with E-state index >= 15 is 0 Å². The van der Waals surface area contributed by atoms with Crippen molar-refractivity contribution in [3.8, 4) is 5.88 Å². The maximum absolute atomic E-state index is 12.7. The number of urea groups is 1. The fourth-order valence-electron chi connectivity index (χ4n) is 3.28. The normalized spacial score (nSPS) is 16.9. The molecule has 4 heterocycles. The van der Waals surface area contributed by atoms with Crippen LogP contribution in [-0.2, 0) is 0 Å². The van der Waals surface area contributed by atoms with Crippen molar-refractivity contribution in [3.05, 3.63) is 17.4 Å². The third kappa shape index (κ3) is 3.70. The molecule has 11 nitrogen and oxygen atoms in total. The van der Waals surface area contributed by atoms with Crippen LogP contribution in [0, 0.1) is 6.92 Å². The molecule has 1 fully saturated rings. The Morgan fingerprint density at radius 3 is 2.86 bits per heavy atom. The number of piperazine rings is 1. The van der Waals surface area contributed by atoms with Crippen LogP contribution >= 0.6 is 11.3 Å². The van der Waals surface area contributed by atoms with Crippen molar-refractivity contribution in [1.29, 1.82) is 0 Å². The summed E-state index contributed by atoms with van der Waals surface area (Å²) in [6.07, 6.45) is 1.47. The van der Waals surface area contributed by atoms with E-state index in [0.29, 0.717) is 42.8 Å². The number of thiazole rings is 1. The van der Waals surface area contributed by atoms with Crippen LogP contribution < -0.4 is 20.7 Å². The Hall–Kier alpha value is -3.28. The predicted molar refractivity (Wildman–Crippen MR) is 110 cm³/mol. The maximum Gasteiger partial charge on any atom is 0.323 e. The highest BCUT2D eigenvalue weighted by molar-refractivity contribution is 7.16. The van der Waals surface area contributed by atoms with E-state index in [1.165, 1.54) is 24.6 Å². The largest absolute Gasteiger partial charge is 0.480 e.